The molecule has 0 aromatic heterocycles. The summed E-state index contributed by atoms with van der Waals surface area (Å²) in [7, 11) is 0. The van der Waals surface area contributed by atoms with Crippen molar-refractivity contribution in [3.63, 3.8) is 0 Å². The van der Waals surface area contributed by atoms with Crippen LogP contribution >= 0.6 is 0 Å². The van der Waals surface area contributed by atoms with E-state index in [1.807, 2.05) is 0 Å². The van der Waals surface area contributed by atoms with Crippen LogP contribution in [0.2, 0.25) is 0 Å². The van der Waals surface area contributed by atoms with Crippen molar-refractivity contribution in [2.75, 3.05) is 0 Å². The van der Waals surface area contributed by atoms with Gasteiger partial charge in [0.05, 0.1) is 5.92 Å². The summed E-state index contributed by atoms with van der Waals surface area (Å²) < 4.78 is 0. The molecule has 1 atom stereocenters. The molecule has 0 aromatic rings. The number of unbranched alkanes of at least 4 members (excludes halogenated alkanes) is 7. The predicted octanol–water partition coefficient (Wildman–Crippen LogP) is 3.32. The van der Waals surface area contributed by atoms with Crippen molar-refractivity contribution in [2.24, 2.45) is 5.92 Å². The van der Waals surface area contributed by atoms with Crippen LogP contribution in [0, 0.1) is 5.92 Å². The zero-order valence-corrected chi connectivity index (χ0v) is 10.3. The molecular formula is C13H28CaO2. The summed E-state index contributed by atoms with van der Waals surface area (Å²) in [6, 6.07) is 0. The summed E-state index contributed by atoms with van der Waals surface area (Å²) in [5.41, 5.74) is 0. The Morgan fingerprint density at radius 2 is 1.44 bits per heavy atom. The van der Waals surface area contributed by atoms with Crippen LogP contribution in [-0.4, -0.2) is 48.8 Å². The van der Waals surface area contributed by atoms with Crippen molar-refractivity contribution in [2.45, 2.75) is 71.6 Å². The average molecular weight is 256 g/mol. The fraction of sp³-hybridized carbons (Fsp3) is 0.923. The van der Waals surface area contributed by atoms with Gasteiger partial charge >= 0.3 is 43.7 Å². The van der Waals surface area contributed by atoms with Crippen LogP contribution in [0.3, 0.4) is 0 Å². The van der Waals surface area contributed by atoms with Crippen molar-refractivity contribution < 1.29 is 9.90 Å². The van der Waals surface area contributed by atoms with Gasteiger partial charge in [-0.05, 0) is 6.42 Å². The number of carboxylic acids is 1. The molecule has 0 bridgehead atoms. The van der Waals surface area contributed by atoms with Crippen LogP contribution in [0.15, 0.2) is 0 Å². The molecule has 0 heterocycles. The van der Waals surface area contributed by atoms with Crippen LogP contribution in [0.5, 0.6) is 0 Å². The summed E-state index contributed by atoms with van der Waals surface area (Å²) in [5, 5.41) is 8.68. The third-order valence-electron chi connectivity index (χ3n) is 2.91. The molecule has 0 saturated carbocycles. The molecule has 2 nitrogen and oxygen atoms in total. The minimum atomic E-state index is -0.655. The zero-order chi connectivity index (χ0) is 11.5. The second-order valence-electron chi connectivity index (χ2n) is 4.50. The molecule has 1 unspecified atom stereocenters. The predicted molar refractivity (Wildman–Crippen MR) is 72.6 cm³/mol. The molecule has 3 heteroatoms. The summed E-state index contributed by atoms with van der Waals surface area (Å²) in [6.45, 7) is 4.02. The van der Waals surface area contributed by atoms with Crippen LogP contribution in [-0.2, 0) is 4.79 Å². The van der Waals surface area contributed by atoms with E-state index in [1.165, 1.54) is 44.9 Å². The van der Waals surface area contributed by atoms with E-state index in [0.29, 0.717) is 0 Å². The molecule has 1 N–H and O–H groups in total. The second-order valence-corrected chi connectivity index (χ2v) is 4.50. The first-order valence-corrected chi connectivity index (χ1v) is 6.41. The number of carboxylic acid groups (broad SMARTS) is 1. The van der Waals surface area contributed by atoms with Crippen molar-refractivity contribution >= 4 is 43.7 Å². The van der Waals surface area contributed by atoms with E-state index in [9.17, 15) is 4.79 Å². The topological polar surface area (TPSA) is 37.3 Å². The van der Waals surface area contributed by atoms with E-state index >= 15 is 0 Å². The molecule has 0 aromatic carbocycles. The Morgan fingerprint density at radius 1 is 1.00 bits per heavy atom. The first-order chi connectivity index (χ1) is 7.18. The van der Waals surface area contributed by atoms with Gasteiger partial charge in [0.15, 0.2) is 0 Å². The minimum absolute atomic E-state index is 0. The molecule has 0 aliphatic rings. The Kier molecular flexibility index (Phi) is 16.4. The summed E-state index contributed by atoms with van der Waals surface area (Å²) in [6.07, 6.45) is 11.1. The molecule has 0 radical (unpaired) electrons. The quantitative estimate of drug-likeness (QED) is 0.481. The van der Waals surface area contributed by atoms with Crippen LogP contribution in [0.25, 0.3) is 0 Å². The Bertz CT molecular complexity index is 160. The van der Waals surface area contributed by atoms with E-state index in [1.54, 1.807) is 6.92 Å². The molecule has 0 aliphatic carbocycles. The van der Waals surface area contributed by atoms with E-state index in [-0.39, 0.29) is 43.7 Å². The number of hydrogen-bond acceptors (Lipinski definition) is 1. The molecule has 16 heavy (non-hydrogen) atoms. The summed E-state index contributed by atoms with van der Waals surface area (Å²) in [5.74, 6) is -0.817. The van der Waals surface area contributed by atoms with E-state index in [4.69, 9.17) is 5.11 Å². The molecule has 0 saturated heterocycles. The van der Waals surface area contributed by atoms with Gasteiger partial charge in [-0.15, -0.1) is 0 Å². The van der Waals surface area contributed by atoms with Gasteiger partial charge in [0.25, 0.3) is 0 Å². The molecule has 0 spiro atoms. The van der Waals surface area contributed by atoms with Gasteiger partial charge < -0.3 is 5.11 Å². The van der Waals surface area contributed by atoms with Crippen molar-refractivity contribution in [1.82, 2.24) is 0 Å². The van der Waals surface area contributed by atoms with E-state index < -0.39 is 5.97 Å². The van der Waals surface area contributed by atoms with Crippen LogP contribution in [0.4, 0.5) is 0 Å². The van der Waals surface area contributed by atoms with Gasteiger partial charge in [-0.1, -0.05) is 65.2 Å². The Hall–Kier alpha value is 0.730. The second kappa shape index (κ2) is 13.8. The average Bonchev–Trinajstić information content (AvgIpc) is 2.21. The molecule has 94 valence electrons. The molecular weight excluding hydrogens is 228 g/mol. The number of aliphatic carboxylic acids is 1. The summed E-state index contributed by atoms with van der Waals surface area (Å²) >= 11 is 0. The van der Waals surface area contributed by atoms with Crippen LogP contribution < -0.4 is 0 Å². The molecule has 0 rings (SSSR count). The number of hydrogen-bond donors (Lipinski definition) is 1. The van der Waals surface area contributed by atoms with E-state index in [0.717, 1.165) is 12.8 Å². The first-order valence-electron chi connectivity index (χ1n) is 6.41. The zero-order valence-electron chi connectivity index (χ0n) is 10.3. The fourth-order valence-electron chi connectivity index (χ4n) is 1.71. The molecule has 0 fully saturated rings. The van der Waals surface area contributed by atoms with Crippen molar-refractivity contribution in [3.05, 3.63) is 0 Å². The Balaban J connectivity index is 0. The normalized spacial score (nSPS) is 11.9. The third-order valence-corrected chi connectivity index (χ3v) is 2.91. The maximum absolute atomic E-state index is 10.5. The maximum atomic E-state index is 10.5. The van der Waals surface area contributed by atoms with Gasteiger partial charge in [-0.2, -0.15) is 0 Å². The van der Waals surface area contributed by atoms with Gasteiger partial charge in [-0.25, -0.2) is 0 Å². The number of rotatable bonds is 10. The summed E-state index contributed by atoms with van der Waals surface area (Å²) in [4.78, 5) is 10.5. The van der Waals surface area contributed by atoms with Crippen molar-refractivity contribution in [1.29, 1.82) is 0 Å². The van der Waals surface area contributed by atoms with Gasteiger partial charge in [0, 0.05) is 0 Å². The third kappa shape index (κ3) is 12.8. The van der Waals surface area contributed by atoms with E-state index in [2.05, 4.69) is 6.92 Å². The first kappa shape index (κ1) is 19.1. The fourth-order valence-corrected chi connectivity index (χ4v) is 1.71. The standard InChI is InChI=1S/C13H26O2.Ca.2H/c1-3-4-5-6-7-8-9-10-11-12(2)13(14)15;;;/h12H,3-11H2,1-2H3,(H,14,15);;;. The van der Waals surface area contributed by atoms with Gasteiger partial charge in [-0.3, -0.25) is 4.79 Å². The van der Waals surface area contributed by atoms with Gasteiger partial charge in [0.1, 0.15) is 0 Å². The van der Waals surface area contributed by atoms with Gasteiger partial charge in [0.2, 0.25) is 0 Å². The monoisotopic (exact) mass is 256 g/mol. The Labute approximate surface area is 130 Å². The van der Waals surface area contributed by atoms with Crippen molar-refractivity contribution in [3.8, 4) is 0 Å². The SMILES string of the molecule is CCCCCCCCCCC(C)C(=O)O.[CaH2]. The Morgan fingerprint density at radius 3 is 1.88 bits per heavy atom. The number of carbonyl (C=O) groups is 1. The van der Waals surface area contributed by atoms with Crippen LogP contribution in [0.1, 0.15) is 71.6 Å². The molecule has 0 amide bonds. The molecule has 0 aliphatic heterocycles.